The Balaban J connectivity index is 2.18. The molecule has 0 bridgehead atoms. The van der Waals surface area contributed by atoms with E-state index < -0.39 is 0 Å². The molecule has 3 rings (SSSR count). The van der Waals surface area contributed by atoms with E-state index in [1.54, 1.807) is 35.0 Å². The quantitative estimate of drug-likeness (QED) is 0.691. The van der Waals surface area contributed by atoms with E-state index in [1.807, 2.05) is 0 Å². The molecule has 0 spiro atoms. The molecular weight excluding hydrogens is 293 g/mol. The molecule has 0 aliphatic rings. The zero-order chi connectivity index (χ0) is 11.1. The Morgan fingerprint density at radius 2 is 2.12 bits per heavy atom. The van der Waals surface area contributed by atoms with Gasteiger partial charge in [0, 0.05) is 6.20 Å². The molecule has 3 aromatic heterocycles. The maximum atomic E-state index is 5.86. The minimum Gasteiger partial charge on any atom is -0.446 e. The van der Waals surface area contributed by atoms with Gasteiger partial charge in [-0.2, -0.15) is 0 Å². The van der Waals surface area contributed by atoms with E-state index in [9.17, 15) is 0 Å². The number of nitrogens with zero attached hydrogens (tertiary/aromatic N) is 3. The van der Waals surface area contributed by atoms with E-state index in [4.69, 9.17) is 16.0 Å². The number of halogens is 2. The van der Waals surface area contributed by atoms with Crippen molar-refractivity contribution in [3.8, 4) is 11.6 Å². The van der Waals surface area contributed by atoms with E-state index in [1.165, 1.54) is 0 Å². The molecule has 4 nitrogen and oxygen atoms in total. The molecule has 0 aromatic carbocycles. The molecule has 0 radical (unpaired) electrons. The van der Waals surface area contributed by atoms with E-state index in [0.717, 1.165) is 5.65 Å². The number of pyridine rings is 1. The number of furan rings is 1. The number of fused-ring (bicyclic) bond motifs is 1. The molecule has 3 heterocycles. The summed E-state index contributed by atoms with van der Waals surface area (Å²) in [4.78, 5) is 4.32. The predicted octanol–water partition coefficient (Wildman–Crippen LogP) is 3.41. The van der Waals surface area contributed by atoms with Gasteiger partial charge < -0.3 is 4.42 Å². The van der Waals surface area contributed by atoms with Crippen LogP contribution >= 0.6 is 27.5 Å². The average Bonchev–Trinajstić information content (AvgIpc) is 2.83. The van der Waals surface area contributed by atoms with Gasteiger partial charge in [0.15, 0.2) is 16.1 Å². The maximum absolute atomic E-state index is 5.86. The van der Waals surface area contributed by atoms with Crippen molar-refractivity contribution in [2.45, 2.75) is 0 Å². The topological polar surface area (TPSA) is 43.3 Å². The van der Waals surface area contributed by atoms with E-state index in [2.05, 4.69) is 26.0 Å². The highest BCUT2D eigenvalue weighted by molar-refractivity contribution is 9.10. The highest BCUT2D eigenvalue weighted by Gasteiger charge is 2.10. The third kappa shape index (κ3) is 1.62. The lowest BCUT2D eigenvalue weighted by Gasteiger charge is -1.89. The van der Waals surface area contributed by atoms with Gasteiger partial charge in [-0.3, -0.25) is 0 Å². The summed E-state index contributed by atoms with van der Waals surface area (Å²) in [7, 11) is 0. The first-order valence-electron chi connectivity index (χ1n) is 4.50. The van der Waals surface area contributed by atoms with Gasteiger partial charge in [-0.25, -0.2) is 9.50 Å². The fourth-order valence-electron chi connectivity index (χ4n) is 1.40. The highest BCUT2D eigenvalue weighted by Crippen LogP contribution is 2.23. The third-order valence-electron chi connectivity index (χ3n) is 2.09. The summed E-state index contributed by atoms with van der Waals surface area (Å²) in [5, 5.41) is 4.88. The van der Waals surface area contributed by atoms with Crippen molar-refractivity contribution < 1.29 is 4.42 Å². The van der Waals surface area contributed by atoms with E-state index >= 15 is 0 Å². The molecule has 0 atom stereocenters. The minimum atomic E-state index is 0.535. The lowest BCUT2D eigenvalue weighted by Crippen LogP contribution is -1.85. The average molecular weight is 299 g/mol. The molecule has 0 aliphatic carbocycles. The second-order valence-corrected chi connectivity index (χ2v) is 4.41. The molecule has 0 amide bonds. The van der Waals surface area contributed by atoms with E-state index in [-0.39, 0.29) is 0 Å². The number of aromatic nitrogens is 3. The smallest absolute Gasteiger partial charge is 0.217 e. The second kappa shape index (κ2) is 3.61. The summed E-state index contributed by atoms with van der Waals surface area (Å²) in [5.41, 5.74) is 0.729. The Morgan fingerprint density at radius 3 is 2.88 bits per heavy atom. The summed E-state index contributed by atoms with van der Waals surface area (Å²) < 4.78 is 7.65. The predicted molar refractivity (Wildman–Crippen MR) is 63.4 cm³/mol. The van der Waals surface area contributed by atoms with Crippen molar-refractivity contribution in [2.75, 3.05) is 0 Å². The molecule has 0 aliphatic heterocycles. The summed E-state index contributed by atoms with van der Waals surface area (Å²) in [6.07, 6.45) is 1.70. The van der Waals surface area contributed by atoms with Crippen LogP contribution in [-0.4, -0.2) is 14.6 Å². The van der Waals surface area contributed by atoms with Crippen molar-refractivity contribution in [3.05, 3.63) is 40.2 Å². The molecule has 0 N–H and O–H groups in total. The van der Waals surface area contributed by atoms with Crippen LogP contribution in [0.4, 0.5) is 0 Å². The van der Waals surface area contributed by atoms with Crippen LogP contribution in [0.15, 0.2) is 39.5 Å². The van der Waals surface area contributed by atoms with Gasteiger partial charge in [-0.05, 0) is 40.2 Å². The first-order valence-corrected chi connectivity index (χ1v) is 5.67. The summed E-state index contributed by atoms with van der Waals surface area (Å²) >= 11 is 9.09. The van der Waals surface area contributed by atoms with Crippen molar-refractivity contribution in [1.82, 2.24) is 14.6 Å². The minimum absolute atomic E-state index is 0.535. The van der Waals surface area contributed by atoms with Gasteiger partial charge in [0.05, 0.1) is 5.02 Å². The van der Waals surface area contributed by atoms with Crippen LogP contribution in [0.25, 0.3) is 17.2 Å². The Hall–Kier alpha value is -1.33. The molecule has 16 heavy (non-hydrogen) atoms. The summed E-state index contributed by atoms with van der Waals surface area (Å²) in [5.74, 6) is 1.15. The van der Waals surface area contributed by atoms with Gasteiger partial charge in [-0.1, -0.05) is 11.6 Å². The molecule has 0 fully saturated rings. The Labute approximate surface area is 104 Å². The maximum Gasteiger partial charge on any atom is 0.217 e. The standard InChI is InChI=1S/C10H5BrClN3O/c11-8-3-2-7(16-8)10-13-9-4-1-6(12)5-15(9)14-10/h1-5H. The molecule has 6 heteroatoms. The zero-order valence-electron chi connectivity index (χ0n) is 7.89. The van der Waals surface area contributed by atoms with Crippen molar-refractivity contribution >= 4 is 33.2 Å². The molecule has 0 unspecified atom stereocenters. The molecular formula is C10H5BrClN3O. The van der Waals surface area contributed by atoms with Gasteiger partial charge >= 0.3 is 0 Å². The van der Waals surface area contributed by atoms with Crippen LogP contribution in [0.2, 0.25) is 5.02 Å². The van der Waals surface area contributed by atoms with Gasteiger partial charge in [0.25, 0.3) is 0 Å². The normalized spacial score (nSPS) is 11.1. The fraction of sp³-hybridized carbons (Fsp3) is 0. The van der Waals surface area contributed by atoms with Crippen molar-refractivity contribution in [1.29, 1.82) is 0 Å². The van der Waals surface area contributed by atoms with Crippen molar-refractivity contribution in [3.63, 3.8) is 0 Å². The second-order valence-electron chi connectivity index (χ2n) is 3.19. The van der Waals surface area contributed by atoms with Crippen LogP contribution in [0.5, 0.6) is 0 Å². The first-order chi connectivity index (χ1) is 7.72. The molecule has 3 aromatic rings. The fourth-order valence-corrected chi connectivity index (χ4v) is 1.86. The SMILES string of the molecule is Clc1ccc2nc(-c3ccc(Br)o3)nn2c1. The van der Waals surface area contributed by atoms with Crippen LogP contribution < -0.4 is 0 Å². The van der Waals surface area contributed by atoms with E-state index in [0.29, 0.717) is 21.3 Å². The molecule has 0 saturated carbocycles. The lowest BCUT2D eigenvalue weighted by atomic mass is 10.4. The van der Waals surface area contributed by atoms with Crippen LogP contribution in [0.3, 0.4) is 0 Å². The Kier molecular flexibility index (Phi) is 2.22. The molecule has 0 saturated heterocycles. The Morgan fingerprint density at radius 1 is 1.25 bits per heavy atom. The lowest BCUT2D eigenvalue weighted by molar-refractivity contribution is 0.551. The van der Waals surface area contributed by atoms with Gasteiger partial charge in [-0.15, -0.1) is 5.10 Å². The van der Waals surface area contributed by atoms with Gasteiger partial charge in [0.1, 0.15) is 0 Å². The summed E-state index contributed by atoms with van der Waals surface area (Å²) in [6.45, 7) is 0. The molecule has 80 valence electrons. The van der Waals surface area contributed by atoms with Crippen LogP contribution in [-0.2, 0) is 0 Å². The van der Waals surface area contributed by atoms with Crippen LogP contribution in [0, 0.1) is 0 Å². The monoisotopic (exact) mass is 297 g/mol. The largest absolute Gasteiger partial charge is 0.446 e. The van der Waals surface area contributed by atoms with Gasteiger partial charge in [0.2, 0.25) is 5.82 Å². The van der Waals surface area contributed by atoms with Crippen molar-refractivity contribution in [2.24, 2.45) is 0 Å². The highest BCUT2D eigenvalue weighted by atomic mass is 79.9. The van der Waals surface area contributed by atoms with Crippen LogP contribution in [0.1, 0.15) is 0 Å². The number of rotatable bonds is 1. The zero-order valence-corrected chi connectivity index (χ0v) is 10.2. The Bertz CT molecular complexity index is 661. The first kappa shape index (κ1) is 9.86. The number of hydrogen-bond acceptors (Lipinski definition) is 3. The third-order valence-corrected chi connectivity index (χ3v) is 2.74. The summed E-state index contributed by atoms with van der Waals surface area (Å²) in [6, 6.07) is 7.18. The number of hydrogen-bond donors (Lipinski definition) is 0.